The van der Waals surface area contributed by atoms with Gasteiger partial charge >= 0.3 is 0 Å². The van der Waals surface area contributed by atoms with Crippen LogP contribution < -0.4 is 9.47 Å². The van der Waals surface area contributed by atoms with Crippen LogP contribution in [-0.2, 0) is 0 Å². The average Bonchev–Trinajstić information content (AvgIpc) is 2.69. The van der Waals surface area contributed by atoms with E-state index in [-0.39, 0.29) is 11.5 Å². The Hall–Kier alpha value is -3.02. The van der Waals surface area contributed by atoms with Crippen LogP contribution >= 0.6 is 0 Å². The topological polar surface area (TPSA) is 83.6 Å². The lowest BCUT2D eigenvalue weighted by atomic mass is 9.98. The van der Waals surface area contributed by atoms with E-state index in [1.165, 1.54) is 0 Å². The van der Waals surface area contributed by atoms with E-state index < -0.39 is 0 Å². The van der Waals surface area contributed by atoms with E-state index in [0.29, 0.717) is 35.5 Å². The molecule has 2 rings (SSSR count). The van der Waals surface area contributed by atoms with E-state index in [4.69, 9.17) is 9.47 Å². The summed E-state index contributed by atoms with van der Waals surface area (Å²) in [5, 5.41) is 20.5. The molecule has 2 aromatic rings. The number of methoxy groups -OCH3 is 2. The first kappa shape index (κ1) is 20.3. The molecule has 0 radical (unpaired) electrons. The van der Waals surface area contributed by atoms with Crippen LogP contribution in [0.2, 0.25) is 0 Å². The van der Waals surface area contributed by atoms with Crippen LogP contribution in [0.5, 0.6) is 23.0 Å². The van der Waals surface area contributed by atoms with Gasteiger partial charge in [0, 0.05) is 25.5 Å². The number of hydrogen-bond donors (Lipinski definition) is 2. The summed E-state index contributed by atoms with van der Waals surface area (Å²) in [6, 6.07) is 10.3. The standard InChI is InChI=1S/C21H26N2O4/c1-22-14(20-16(24)10-6-12-18(20)26-3)8-5-9-15(23-2)21-17(25)11-7-13-19(21)27-4/h6-7,10-13,24-25H,5,8-9H2,1-4H3. The molecule has 0 aliphatic rings. The summed E-state index contributed by atoms with van der Waals surface area (Å²) in [6.07, 6.45) is 1.98. The van der Waals surface area contributed by atoms with Gasteiger partial charge in [0.25, 0.3) is 0 Å². The van der Waals surface area contributed by atoms with Crippen LogP contribution in [0.4, 0.5) is 0 Å². The van der Waals surface area contributed by atoms with Crippen molar-refractivity contribution in [3.8, 4) is 23.0 Å². The van der Waals surface area contributed by atoms with Gasteiger partial charge < -0.3 is 19.7 Å². The summed E-state index contributed by atoms with van der Waals surface area (Å²) < 4.78 is 10.7. The number of phenolic OH excluding ortho intramolecular Hbond substituents is 2. The number of phenols is 2. The summed E-state index contributed by atoms with van der Waals surface area (Å²) in [7, 11) is 6.53. The van der Waals surface area contributed by atoms with Gasteiger partial charge in [-0.05, 0) is 43.5 Å². The Bertz CT molecular complexity index is 775. The molecule has 0 heterocycles. The van der Waals surface area contributed by atoms with Crippen LogP contribution in [0.3, 0.4) is 0 Å². The normalized spacial score (nSPS) is 12.1. The molecule has 2 N–H and O–H groups in total. The maximum Gasteiger partial charge on any atom is 0.131 e. The first-order valence-corrected chi connectivity index (χ1v) is 8.71. The van der Waals surface area contributed by atoms with Crippen molar-refractivity contribution in [2.45, 2.75) is 19.3 Å². The largest absolute Gasteiger partial charge is 0.507 e. The van der Waals surface area contributed by atoms with E-state index in [1.54, 1.807) is 64.7 Å². The van der Waals surface area contributed by atoms with Crippen molar-refractivity contribution in [3.63, 3.8) is 0 Å². The van der Waals surface area contributed by atoms with Crippen molar-refractivity contribution >= 4 is 11.4 Å². The van der Waals surface area contributed by atoms with Crippen LogP contribution in [0.25, 0.3) is 0 Å². The number of benzene rings is 2. The van der Waals surface area contributed by atoms with Crippen LogP contribution in [0, 0.1) is 0 Å². The predicted octanol–water partition coefficient (Wildman–Crippen LogP) is 3.82. The maximum atomic E-state index is 10.2. The highest BCUT2D eigenvalue weighted by Crippen LogP contribution is 2.31. The summed E-state index contributed by atoms with van der Waals surface area (Å²) in [5.41, 5.74) is 2.73. The van der Waals surface area contributed by atoms with Gasteiger partial charge in [-0.1, -0.05) is 12.1 Å². The second-order valence-corrected chi connectivity index (χ2v) is 5.90. The molecule has 0 bridgehead atoms. The molecule has 6 nitrogen and oxygen atoms in total. The second-order valence-electron chi connectivity index (χ2n) is 5.90. The first-order valence-electron chi connectivity index (χ1n) is 8.71. The average molecular weight is 370 g/mol. The molecule has 0 aliphatic heterocycles. The summed E-state index contributed by atoms with van der Waals surface area (Å²) in [6.45, 7) is 0. The fourth-order valence-electron chi connectivity index (χ4n) is 3.08. The van der Waals surface area contributed by atoms with Crippen LogP contribution in [0.1, 0.15) is 30.4 Å². The van der Waals surface area contributed by atoms with Gasteiger partial charge in [-0.3, -0.25) is 9.98 Å². The number of hydrogen-bond acceptors (Lipinski definition) is 6. The lowest BCUT2D eigenvalue weighted by Gasteiger charge is -2.14. The molecular formula is C21H26N2O4. The molecule has 0 atom stereocenters. The van der Waals surface area contributed by atoms with Gasteiger partial charge in [-0.2, -0.15) is 0 Å². The molecule has 6 heteroatoms. The number of aromatic hydroxyl groups is 2. The SMILES string of the molecule is CN=C(CCCC(=NC)c1c(O)cccc1OC)c1c(O)cccc1OC. The van der Waals surface area contributed by atoms with Crippen molar-refractivity contribution in [1.29, 1.82) is 0 Å². The van der Waals surface area contributed by atoms with E-state index >= 15 is 0 Å². The molecule has 0 amide bonds. The lowest BCUT2D eigenvalue weighted by Crippen LogP contribution is -2.08. The molecule has 27 heavy (non-hydrogen) atoms. The highest BCUT2D eigenvalue weighted by atomic mass is 16.5. The van der Waals surface area contributed by atoms with Gasteiger partial charge in [0.2, 0.25) is 0 Å². The highest BCUT2D eigenvalue weighted by Gasteiger charge is 2.17. The number of aliphatic imine (C=N–C) groups is 2. The molecule has 0 saturated heterocycles. The smallest absolute Gasteiger partial charge is 0.131 e. The molecule has 0 aliphatic carbocycles. The Kier molecular flexibility index (Phi) is 7.23. The monoisotopic (exact) mass is 370 g/mol. The fourth-order valence-corrected chi connectivity index (χ4v) is 3.08. The second kappa shape index (κ2) is 9.62. The zero-order valence-electron chi connectivity index (χ0n) is 16.2. The molecule has 0 fully saturated rings. The third-order valence-electron chi connectivity index (χ3n) is 4.39. The van der Waals surface area contributed by atoms with Crippen LogP contribution in [0.15, 0.2) is 46.4 Å². The van der Waals surface area contributed by atoms with Gasteiger partial charge in [0.1, 0.15) is 23.0 Å². The highest BCUT2D eigenvalue weighted by molar-refractivity contribution is 6.07. The minimum atomic E-state index is 0.140. The van der Waals surface area contributed by atoms with Gasteiger partial charge in [0.05, 0.1) is 25.3 Å². The van der Waals surface area contributed by atoms with Crippen molar-refractivity contribution in [3.05, 3.63) is 47.5 Å². The fraction of sp³-hybridized carbons (Fsp3) is 0.333. The van der Waals surface area contributed by atoms with Crippen molar-refractivity contribution < 1.29 is 19.7 Å². The predicted molar refractivity (Wildman–Crippen MR) is 108 cm³/mol. The van der Waals surface area contributed by atoms with Crippen LogP contribution in [-0.4, -0.2) is 50.0 Å². The summed E-state index contributed by atoms with van der Waals surface area (Å²) in [4.78, 5) is 8.67. The quantitative estimate of drug-likeness (QED) is 0.692. The minimum Gasteiger partial charge on any atom is -0.507 e. The van der Waals surface area contributed by atoms with Gasteiger partial charge in [-0.15, -0.1) is 0 Å². The third kappa shape index (κ3) is 4.58. The molecule has 0 aromatic heterocycles. The number of rotatable bonds is 8. The minimum absolute atomic E-state index is 0.140. The Morgan fingerprint density at radius 1 is 0.778 bits per heavy atom. The van der Waals surface area contributed by atoms with E-state index in [2.05, 4.69) is 9.98 Å². The third-order valence-corrected chi connectivity index (χ3v) is 4.39. The molecule has 0 spiro atoms. The van der Waals surface area contributed by atoms with Gasteiger partial charge in [0.15, 0.2) is 0 Å². The zero-order chi connectivity index (χ0) is 19.8. The molecule has 144 valence electrons. The van der Waals surface area contributed by atoms with E-state index in [9.17, 15) is 10.2 Å². The zero-order valence-corrected chi connectivity index (χ0v) is 16.2. The van der Waals surface area contributed by atoms with Crippen molar-refractivity contribution in [2.75, 3.05) is 28.3 Å². The number of nitrogens with zero attached hydrogens (tertiary/aromatic N) is 2. The Morgan fingerprint density at radius 3 is 1.52 bits per heavy atom. The first-order chi connectivity index (χ1) is 13.1. The molecular weight excluding hydrogens is 344 g/mol. The van der Waals surface area contributed by atoms with E-state index in [0.717, 1.165) is 17.8 Å². The maximum absolute atomic E-state index is 10.2. The van der Waals surface area contributed by atoms with Gasteiger partial charge in [-0.25, -0.2) is 0 Å². The molecule has 0 unspecified atom stereocenters. The Morgan fingerprint density at radius 2 is 1.19 bits per heavy atom. The van der Waals surface area contributed by atoms with Crippen molar-refractivity contribution in [1.82, 2.24) is 0 Å². The lowest BCUT2D eigenvalue weighted by molar-refractivity contribution is 0.406. The Balaban J connectivity index is 2.17. The Labute approximate surface area is 159 Å². The summed E-state index contributed by atoms with van der Waals surface area (Å²) in [5.74, 6) is 1.45. The van der Waals surface area contributed by atoms with Crippen molar-refractivity contribution in [2.24, 2.45) is 9.98 Å². The molecule has 0 saturated carbocycles. The summed E-state index contributed by atoms with van der Waals surface area (Å²) >= 11 is 0. The van der Waals surface area contributed by atoms with E-state index in [1.807, 2.05) is 0 Å². The molecule has 2 aromatic carbocycles. The number of ether oxygens (including phenoxy) is 2.